The van der Waals surface area contributed by atoms with E-state index >= 15 is 0 Å². The van der Waals surface area contributed by atoms with Crippen LogP contribution in [0.15, 0.2) is 65.3 Å². The zero-order valence-corrected chi connectivity index (χ0v) is 19.5. The normalized spacial score (nSPS) is 18.3. The van der Waals surface area contributed by atoms with Gasteiger partial charge in [-0.2, -0.15) is 5.26 Å². The summed E-state index contributed by atoms with van der Waals surface area (Å²) in [6, 6.07) is 17.1. The Morgan fingerprint density at radius 3 is 2.44 bits per heavy atom. The summed E-state index contributed by atoms with van der Waals surface area (Å²) in [6.07, 6.45) is 6.35. The first kappa shape index (κ1) is 23.3. The minimum Gasteiger partial charge on any atom is -0.493 e. The molecule has 0 atom stereocenters. The minimum absolute atomic E-state index is 0.0335. The lowest BCUT2D eigenvalue weighted by Crippen LogP contribution is -2.49. The summed E-state index contributed by atoms with van der Waals surface area (Å²) in [5.74, 6) is 0.316. The van der Waals surface area contributed by atoms with E-state index in [-0.39, 0.29) is 17.5 Å². The summed E-state index contributed by atoms with van der Waals surface area (Å²) in [6.45, 7) is 2.06. The summed E-state index contributed by atoms with van der Waals surface area (Å²) in [7, 11) is 1.57. The molecule has 6 heteroatoms. The summed E-state index contributed by atoms with van der Waals surface area (Å²) < 4.78 is 11.5. The summed E-state index contributed by atoms with van der Waals surface area (Å²) in [5, 5.41) is 9.66. The number of carbonyl (C=O) groups is 2. The van der Waals surface area contributed by atoms with Crippen molar-refractivity contribution < 1.29 is 19.1 Å². The molecule has 1 heterocycles. The molecule has 1 fully saturated rings. The second-order valence-corrected chi connectivity index (χ2v) is 8.63. The highest BCUT2D eigenvalue weighted by Gasteiger charge is 2.39. The quantitative estimate of drug-likeness (QED) is 0.441. The van der Waals surface area contributed by atoms with Crippen molar-refractivity contribution in [1.29, 1.82) is 5.26 Å². The third-order valence-corrected chi connectivity index (χ3v) is 6.45. The fourth-order valence-corrected chi connectivity index (χ4v) is 4.57. The SMILES string of the molecule is COc1cc(/C=C2/C(=O)N(C3CCCCC3)C(=O)C(C#N)=C2C)ccc1OCc1ccccc1. The van der Waals surface area contributed by atoms with E-state index in [2.05, 4.69) is 0 Å². The summed E-state index contributed by atoms with van der Waals surface area (Å²) in [4.78, 5) is 27.7. The van der Waals surface area contributed by atoms with Gasteiger partial charge in [-0.25, -0.2) is 0 Å². The second kappa shape index (κ2) is 10.4. The molecule has 0 spiro atoms. The van der Waals surface area contributed by atoms with Gasteiger partial charge in [-0.15, -0.1) is 0 Å². The largest absolute Gasteiger partial charge is 0.493 e. The van der Waals surface area contributed by atoms with Crippen LogP contribution in [0.25, 0.3) is 6.08 Å². The van der Waals surface area contributed by atoms with Gasteiger partial charge < -0.3 is 9.47 Å². The topological polar surface area (TPSA) is 79.6 Å². The van der Waals surface area contributed by atoms with E-state index in [1.54, 1.807) is 32.2 Å². The number of amides is 2. The predicted molar refractivity (Wildman–Crippen MR) is 129 cm³/mol. The molecule has 1 saturated carbocycles. The molecule has 2 aromatic rings. The Hall–Kier alpha value is -3.85. The maximum atomic E-state index is 13.4. The van der Waals surface area contributed by atoms with E-state index < -0.39 is 5.91 Å². The molecule has 1 aliphatic heterocycles. The van der Waals surface area contributed by atoms with Gasteiger partial charge >= 0.3 is 0 Å². The number of carbonyl (C=O) groups excluding carboxylic acids is 2. The molecule has 2 aliphatic rings. The van der Waals surface area contributed by atoms with Crippen molar-refractivity contribution in [3.8, 4) is 17.6 Å². The van der Waals surface area contributed by atoms with Crippen LogP contribution in [0.4, 0.5) is 0 Å². The number of nitrogens with zero attached hydrogens (tertiary/aromatic N) is 2. The fraction of sp³-hybridized carbons (Fsp3) is 0.321. The lowest BCUT2D eigenvalue weighted by molar-refractivity contribution is -0.143. The zero-order chi connectivity index (χ0) is 24.1. The first-order valence-electron chi connectivity index (χ1n) is 11.6. The maximum absolute atomic E-state index is 13.4. The van der Waals surface area contributed by atoms with E-state index in [0.29, 0.717) is 29.3 Å². The average Bonchev–Trinajstić information content (AvgIpc) is 2.87. The number of methoxy groups -OCH3 is 1. The van der Waals surface area contributed by atoms with E-state index in [0.717, 1.165) is 43.2 Å². The van der Waals surface area contributed by atoms with Crippen molar-refractivity contribution in [2.24, 2.45) is 0 Å². The molecule has 174 valence electrons. The summed E-state index contributed by atoms with van der Waals surface area (Å²) >= 11 is 0. The molecule has 1 aliphatic carbocycles. The average molecular weight is 457 g/mol. The smallest absolute Gasteiger partial charge is 0.271 e. The molecule has 0 aromatic heterocycles. The van der Waals surface area contributed by atoms with Crippen LogP contribution in [-0.4, -0.2) is 29.9 Å². The number of nitriles is 1. The Morgan fingerprint density at radius 2 is 1.76 bits per heavy atom. The number of hydrogen-bond donors (Lipinski definition) is 0. The molecule has 6 nitrogen and oxygen atoms in total. The maximum Gasteiger partial charge on any atom is 0.271 e. The monoisotopic (exact) mass is 456 g/mol. The van der Waals surface area contributed by atoms with Gasteiger partial charge in [-0.3, -0.25) is 14.5 Å². The Labute approximate surface area is 200 Å². The first-order chi connectivity index (χ1) is 16.5. The van der Waals surface area contributed by atoms with E-state index in [1.807, 2.05) is 42.5 Å². The number of imide groups is 1. The standard InChI is InChI=1S/C28H28N2O4/c1-19-23(27(31)30(28(32)24(19)17-29)22-11-7-4-8-12-22)15-21-13-14-25(26(16-21)33-2)34-18-20-9-5-3-6-10-20/h3,5-6,9-10,13-16,22H,4,7-8,11-12,18H2,1-2H3/b23-15+. The van der Waals surface area contributed by atoms with Crippen LogP contribution in [0.5, 0.6) is 11.5 Å². The number of ether oxygens (including phenoxy) is 2. The highest BCUT2D eigenvalue weighted by Crippen LogP contribution is 2.34. The molecule has 2 aromatic carbocycles. The number of benzene rings is 2. The van der Waals surface area contributed by atoms with Crippen molar-refractivity contribution in [2.45, 2.75) is 51.7 Å². The van der Waals surface area contributed by atoms with Gasteiger partial charge in [0.1, 0.15) is 18.2 Å². The summed E-state index contributed by atoms with van der Waals surface area (Å²) in [5.41, 5.74) is 2.57. The van der Waals surface area contributed by atoms with Crippen LogP contribution >= 0.6 is 0 Å². The van der Waals surface area contributed by atoms with Gasteiger partial charge in [-0.1, -0.05) is 55.7 Å². The third-order valence-electron chi connectivity index (χ3n) is 6.45. The van der Waals surface area contributed by atoms with Gasteiger partial charge in [0, 0.05) is 11.6 Å². The molecule has 0 bridgehead atoms. The van der Waals surface area contributed by atoms with Crippen LogP contribution in [-0.2, 0) is 16.2 Å². The Kier molecular flexibility index (Phi) is 7.12. The molecule has 0 unspecified atom stereocenters. The van der Waals surface area contributed by atoms with E-state index in [1.165, 1.54) is 4.90 Å². The van der Waals surface area contributed by atoms with Crippen LogP contribution in [0.1, 0.15) is 50.2 Å². The Bertz CT molecular complexity index is 1180. The number of rotatable bonds is 6. The van der Waals surface area contributed by atoms with Crippen LogP contribution in [0.3, 0.4) is 0 Å². The molecule has 2 amide bonds. The molecule has 0 N–H and O–H groups in total. The van der Waals surface area contributed by atoms with Crippen molar-refractivity contribution in [1.82, 2.24) is 4.90 Å². The highest BCUT2D eigenvalue weighted by atomic mass is 16.5. The minimum atomic E-state index is -0.476. The van der Waals surface area contributed by atoms with E-state index in [9.17, 15) is 14.9 Å². The van der Waals surface area contributed by atoms with Crippen molar-refractivity contribution in [2.75, 3.05) is 7.11 Å². The lowest BCUT2D eigenvalue weighted by atomic mass is 9.88. The second-order valence-electron chi connectivity index (χ2n) is 8.63. The van der Waals surface area contributed by atoms with Crippen LogP contribution < -0.4 is 9.47 Å². The van der Waals surface area contributed by atoms with Gasteiger partial charge in [0.2, 0.25) is 0 Å². The van der Waals surface area contributed by atoms with Gasteiger partial charge in [0.05, 0.1) is 7.11 Å². The fourth-order valence-electron chi connectivity index (χ4n) is 4.57. The molecule has 0 radical (unpaired) electrons. The van der Waals surface area contributed by atoms with Gasteiger partial charge in [0.15, 0.2) is 11.5 Å². The zero-order valence-electron chi connectivity index (χ0n) is 19.5. The van der Waals surface area contributed by atoms with Crippen LogP contribution in [0.2, 0.25) is 0 Å². The molecule has 0 saturated heterocycles. The lowest BCUT2D eigenvalue weighted by Gasteiger charge is -2.36. The Morgan fingerprint density at radius 1 is 1.03 bits per heavy atom. The molecular weight excluding hydrogens is 428 g/mol. The molecule has 34 heavy (non-hydrogen) atoms. The van der Waals surface area contributed by atoms with Crippen LogP contribution in [0, 0.1) is 11.3 Å². The third kappa shape index (κ3) is 4.74. The highest BCUT2D eigenvalue weighted by molar-refractivity contribution is 6.19. The number of hydrogen-bond acceptors (Lipinski definition) is 5. The predicted octanol–water partition coefficient (Wildman–Crippen LogP) is 5.20. The van der Waals surface area contributed by atoms with E-state index in [4.69, 9.17) is 9.47 Å². The molecule has 4 rings (SSSR count). The first-order valence-corrected chi connectivity index (χ1v) is 11.6. The van der Waals surface area contributed by atoms with Gasteiger partial charge in [-0.05, 0) is 54.7 Å². The van der Waals surface area contributed by atoms with Crippen molar-refractivity contribution in [3.05, 3.63) is 76.4 Å². The van der Waals surface area contributed by atoms with Gasteiger partial charge in [0.25, 0.3) is 11.8 Å². The Balaban J connectivity index is 1.64. The van der Waals surface area contributed by atoms with Crippen molar-refractivity contribution in [3.63, 3.8) is 0 Å². The van der Waals surface area contributed by atoms with Crippen molar-refractivity contribution >= 4 is 17.9 Å². The molecular formula is C28H28N2O4.